The second-order valence-corrected chi connectivity index (χ2v) is 8.98. The summed E-state index contributed by atoms with van der Waals surface area (Å²) in [5, 5.41) is 0. The Morgan fingerprint density at radius 3 is 1.52 bits per heavy atom. The van der Waals surface area contributed by atoms with Gasteiger partial charge in [-0.2, -0.15) is 11.0 Å². The van der Waals surface area contributed by atoms with Crippen LogP contribution in [0.1, 0.15) is 105 Å². The molecule has 2 aliphatic carbocycles. The van der Waals surface area contributed by atoms with Crippen LogP contribution in [0.2, 0.25) is 0 Å². The second-order valence-electron chi connectivity index (χ2n) is 8.98. The quantitative estimate of drug-likeness (QED) is 0.473. The lowest BCUT2D eigenvalue weighted by Crippen LogP contribution is -2.48. The Hall–Kier alpha value is -0.120. The van der Waals surface area contributed by atoms with Crippen LogP contribution in [-0.4, -0.2) is 12.1 Å². The largest absolute Gasteiger partial charge is 0.214 e. The standard InChI is InChI=1S/C22H44N2O/c1-5-11-17(3)19-13-7-9-15-21(19)23-25-24-22-16-10-8-14-20(22)18(4)12-6-2/h17-24H,5-16H2,1-4H3. The molecule has 0 aliphatic heterocycles. The summed E-state index contributed by atoms with van der Waals surface area (Å²) < 4.78 is 0. The molecule has 0 radical (unpaired) electrons. The zero-order valence-electron chi connectivity index (χ0n) is 17.4. The van der Waals surface area contributed by atoms with E-state index >= 15 is 0 Å². The van der Waals surface area contributed by atoms with E-state index in [0.29, 0.717) is 12.1 Å². The van der Waals surface area contributed by atoms with Crippen LogP contribution in [0.4, 0.5) is 0 Å². The molecule has 0 saturated heterocycles. The lowest BCUT2D eigenvalue weighted by atomic mass is 9.76. The van der Waals surface area contributed by atoms with Gasteiger partial charge in [-0.25, -0.2) is 4.94 Å². The molecular weight excluding hydrogens is 308 g/mol. The Bertz CT molecular complexity index is 317. The average Bonchev–Trinajstić information content (AvgIpc) is 2.63. The van der Waals surface area contributed by atoms with Gasteiger partial charge in [-0.1, -0.05) is 79.1 Å². The normalized spacial score (nSPS) is 33.1. The van der Waals surface area contributed by atoms with E-state index in [0.717, 1.165) is 23.7 Å². The molecule has 2 rings (SSSR count). The third-order valence-electron chi connectivity index (χ3n) is 7.01. The molecule has 6 unspecified atom stereocenters. The first-order chi connectivity index (χ1) is 12.2. The van der Waals surface area contributed by atoms with Crippen LogP contribution < -0.4 is 11.0 Å². The first-order valence-corrected chi connectivity index (χ1v) is 11.3. The summed E-state index contributed by atoms with van der Waals surface area (Å²) in [6.45, 7) is 9.48. The van der Waals surface area contributed by atoms with Crippen molar-refractivity contribution < 1.29 is 4.94 Å². The molecule has 6 atom stereocenters. The molecule has 2 N–H and O–H groups in total. The zero-order chi connectivity index (χ0) is 18.1. The highest BCUT2D eigenvalue weighted by atomic mass is 16.8. The van der Waals surface area contributed by atoms with Gasteiger partial charge in [0, 0.05) is 12.1 Å². The van der Waals surface area contributed by atoms with Gasteiger partial charge in [0.2, 0.25) is 0 Å². The van der Waals surface area contributed by atoms with Crippen LogP contribution in [0.5, 0.6) is 0 Å². The number of hydroxylamine groups is 2. The Morgan fingerprint density at radius 2 is 1.12 bits per heavy atom. The molecule has 25 heavy (non-hydrogen) atoms. The average molecular weight is 353 g/mol. The molecule has 2 aliphatic rings. The van der Waals surface area contributed by atoms with Crippen molar-refractivity contribution in [2.45, 2.75) is 117 Å². The van der Waals surface area contributed by atoms with Crippen molar-refractivity contribution in [2.24, 2.45) is 23.7 Å². The molecule has 0 spiro atoms. The monoisotopic (exact) mass is 352 g/mol. The number of hydrogen-bond donors (Lipinski definition) is 2. The van der Waals surface area contributed by atoms with Crippen LogP contribution in [0.15, 0.2) is 0 Å². The van der Waals surface area contributed by atoms with Crippen molar-refractivity contribution in [2.75, 3.05) is 0 Å². The van der Waals surface area contributed by atoms with E-state index in [4.69, 9.17) is 4.94 Å². The van der Waals surface area contributed by atoms with E-state index in [1.165, 1.54) is 77.0 Å². The molecule has 3 nitrogen and oxygen atoms in total. The van der Waals surface area contributed by atoms with Crippen molar-refractivity contribution in [3.63, 3.8) is 0 Å². The van der Waals surface area contributed by atoms with E-state index in [2.05, 4.69) is 38.7 Å². The highest BCUT2D eigenvalue weighted by Crippen LogP contribution is 2.34. The Balaban J connectivity index is 1.80. The SMILES string of the molecule is CCCC(C)C1CCCCC1NONC1CCCCC1C(C)CCC. The smallest absolute Gasteiger partial charge is 0.0371 e. The topological polar surface area (TPSA) is 33.3 Å². The molecule has 148 valence electrons. The van der Waals surface area contributed by atoms with Crippen molar-refractivity contribution in [3.05, 3.63) is 0 Å². The van der Waals surface area contributed by atoms with E-state index in [1.54, 1.807) is 0 Å². The third-order valence-corrected chi connectivity index (χ3v) is 7.01. The molecule has 0 bridgehead atoms. The molecule has 0 amide bonds. The minimum atomic E-state index is 0.526. The van der Waals surface area contributed by atoms with E-state index in [-0.39, 0.29) is 0 Å². The Kier molecular flexibility index (Phi) is 9.80. The van der Waals surface area contributed by atoms with Gasteiger partial charge in [-0.3, -0.25) is 0 Å². The van der Waals surface area contributed by atoms with Crippen LogP contribution in [0.25, 0.3) is 0 Å². The molecule has 0 aromatic rings. The molecule has 3 heteroatoms. The minimum Gasteiger partial charge on any atom is -0.214 e. The maximum Gasteiger partial charge on any atom is 0.0371 e. The summed E-state index contributed by atoms with van der Waals surface area (Å²) >= 11 is 0. The lowest BCUT2D eigenvalue weighted by molar-refractivity contribution is -0.108. The van der Waals surface area contributed by atoms with Gasteiger partial charge in [0.1, 0.15) is 0 Å². The molecular formula is C22H44N2O. The van der Waals surface area contributed by atoms with Gasteiger partial charge in [-0.05, 0) is 49.4 Å². The molecule has 2 fully saturated rings. The van der Waals surface area contributed by atoms with Gasteiger partial charge in [0.05, 0.1) is 0 Å². The number of nitrogens with one attached hydrogen (secondary N) is 2. The van der Waals surface area contributed by atoms with Crippen LogP contribution in [0.3, 0.4) is 0 Å². The highest BCUT2D eigenvalue weighted by Gasteiger charge is 2.31. The first kappa shape index (κ1) is 21.2. The molecule has 0 heterocycles. The number of hydrogen-bond acceptors (Lipinski definition) is 3. The second kappa shape index (κ2) is 11.6. The Labute approximate surface area is 157 Å². The van der Waals surface area contributed by atoms with Crippen LogP contribution in [-0.2, 0) is 4.94 Å². The van der Waals surface area contributed by atoms with E-state index < -0.39 is 0 Å². The molecule has 0 aromatic carbocycles. The van der Waals surface area contributed by atoms with Gasteiger partial charge in [0.15, 0.2) is 0 Å². The maximum atomic E-state index is 5.93. The fraction of sp³-hybridized carbons (Fsp3) is 1.00. The van der Waals surface area contributed by atoms with Crippen molar-refractivity contribution in [3.8, 4) is 0 Å². The minimum absolute atomic E-state index is 0.526. The predicted molar refractivity (Wildman–Crippen MR) is 107 cm³/mol. The summed E-state index contributed by atoms with van der Waals surface area (Å²) in [6, 6.07) is 1.05. The maximum absolute atomic E-state index is 5.93. The van der Waals surface area contributed by atoms with Crippen molar-refractivity contribution in [1.29, 1.82) is 0 Å². The zero-order valence-corrected chi connectivity index (χ0v) is 17.4. The third kappa shape index (κ3) is 6.52. The summed E-state index contributed by atoms with van der Waals surface area (Å²) in [5.74, 6) is 3.16. The predicted octanol–water partition coefficient (Wildman–Crippen LogP) is 6.00. The summed E-state index contributed by atoms with van der Waals surface area (Å²) in [4.78, 5) is 5.93. The van der Waals surface area contributed by atoms with Gasteiger partial charge < -0.3 is 0 Å². The summed E-state index contributed by atoms with van der Waals surface area (Å²) in [5.41, 5.74) is 6.88. The molecule has 2 saturated carbocycles. The summed E-state index contributed by atoms with van der Waals surface area (Å²) in [7, 11) is 0. The Morgan fingerprint density at radius 1 is 0.720 bits per heavy atom. The fourth-order valence-corrected chi connectivity index (χ4v) is 5.50. The van der Waals surface area contributed by atoms with Crippen molar-refractivity contribution >= 4 is 0 Å². The number of rotatable bonds is 10. The van der Waals surface area contributed by atoms with Gasteiger partial charge >= 0.3 is 0 Å². The van der Waals surface area contributed by atoms with Crippen LogP contribution in [0, 0.1) is 23.7 Å². The highest BCUT2D eigenvalue weighted by molar-refractivity contribution is 4.84. The van der Waals surface area contributed by atoms with Gasteiger partial charge in [0.25, 0.3) is 0 Å². The van der Waals surface area contributed by atoms with Gasteiger partial charge in [-0.15, -0.1) is 0 Å². The van der Waals surface area contributed by atoms with E-state index in [1.807, 2.05) is 0 Å². The van der Waals surface area contributed by atoms with Crippen LogP contribution >= 0.6 is 0 Å². The lowest BCUT2D eigenvalue weighted by Gasteiger charge is -2.38. The van der Waals surface area contributed by atoms with Crippen molar-refractivity contribution in [1.82, 2.24) is 11.0 Å². The fourth-order valence-electron chi connectivity index (χ4n) is 5.50. The first-order valence-electron chi connectivity index (χ1n) is 11.3. The summed E-state index contributed by atoms with van der Waals surface area (Å²) in [6.07, 6.45) is 16.0. The van der Waals surface area contributed by atoms with E-state index in [9.17, 15) is 0 Å². The molecule has 0 aromatic heterocycles.